The van der Waals surface area contributed by atoms with Crippen molar-refractivity contribution in [3.8, 4) is 0 Å². The minimum absolute atomic E-state index is 0.301. The van der Waals surface area contributed by atoms with Crippen LogP contribution in [0.15, 0.2) is 11.6 Å². The molecule has 0 bridgehead atoms. The molecule has 3 N–H and O–H groups in total. The van der Waals surface area contributed by atoms with Crippen LogP contribution in [-0.2, 0) is 6.42 Å². The Bertz CT molecular complexity index is 342. The number of nitrogens with one attached hydrogen (secondary N) is 1. The fourth-order valence-corrected chi connectivity index (χ4v) is 3.16. The lowest BCUT2D eigenvalue weighted by Gasteiger charge is -2.39. The molecule has 102 valence electrons. The summed E-state index contributed by atoms with van der Waals surface area (Å²) in [7, 11) is 4.39. The number of hydrazine groups is 1. The molecular formula is C12H23N5S. The zero-order chi connectivity index (χ0) is 13.0. The number of hydrogen-bond acceptors (Lipinski definition) is 6. The van der Waals surface area contributed by atoms with Crippen molar-refractivity contribution in [1.29, 1.82) is 0 Å². The maximum absolute atomic E-state index is 5.68. The molecule has 2 atom stereocenters. The van der Waals surface area contributed by atoms with Crippen LogP contribution in [-0.4, -0.2) is 60.6 Å². The van der Waals surface area contributed by atoms with Gasteiger partial charge in [0.05, 0.1) is 5.01 Å². The molecule has 0 radical (unpaired) electrons. The summed E-state index contributed by atoms with van der Waals surface area (Å²) in [5.74, 6) is 5.68. The van der Waals surface area contributed by atoms with Gasteiger partial charge in [0.1, 0.15) is 0 Å². The van der Waals surface area contributed by atoms with Gasteiger partial charge in [-0.1, -0.05) is 0 Å². The lowest BCUT2D eigenvalue weighted by atomic mass is 10.0. The average Bonchev–Trinajstić information content (AvgIpc) is 2.85. The van der Waals surface area contributed by atoms with Crippen LogP contribution in [0, 0.1) is 0 Å². The normalized spacial score (nSPS) is 24.3. The molecule has 1 aromatic rings. The standard InChI is InChI=1S/C12H23N5S/c1-16-4-5-17(2)11(9-16)7-10(15-13)8-12-14-3-6-18-12/h3,6,10-11,15H,4-5,7-9,13H2,1-2H3. The first-order chi connectivity index (χ1) is 8.69. The van der Waals surface area contributed by atoms with E-state index >= 15 is 0 Å². The quantitative estimate of drug-likeness (QED) is 0.589. The van der Waals surface area contributed by atoms with Gasteiger partial charge in [-0.2, -0.15) is 0 Å². The lowest BCUT2D eigenvalue weighted by molar-refractivity contribution is 0.101. The Balaban J connectivity index is 1.88. The summed E-state index contributed by atoms with van der Waals surface area (Å²) in [5.41, 5.74) is 2.94. The number of nitrogens with two attached hydrogens (primary N) is 1. The largest absolute Gasteiger partial charge is 0.304 e. The van der Waals surface area contributed by atoms with Crippen LogP contribution >= 0.6 is 11.3 Å². The highest BCUT2D eigenvalue weighted by atomic mass is 32.1. The SMILES string of the molecule is CN1CCN(C)C(CC(Cc2nccs2)NN)C1. The van der Waals surface area contributed by atoms with E-state index in [1.807, 2.05) is 11.6 Å². The first kappa shape index (κ1) is 13.9. The summed E-state index contributed by atoms with van der Waals surface area (Å²) in [6.45, 7) is 3.41. The van der Waals surface area contributed by atoms with E-state index in [0.29, 0.717) is 12.1 Å². The molecule has 18 heavy (non-hydrogen) atoms. The van der Waals surface area contributed by atoms with Crippen LogP contribution in [0.3, 0.4) is 0 Å². The molecule has 0 spiro atoms. The molecule has 1 saturated heterocycles. The molecule has 0 amide bonds. The second-order valence-corrected chi connectivity index (χ2v) is 6.11. The maximum Gasteiger partial charge on any atom is 0.0940 e. The highest BCUT2D eigenvalue weighted by molar-refractivity contribution is 7.09. The van der Waals surface area contributed by atoms with Gasteiger partial charge in [-0.05, 0) is 20.5 Å². The van der Waals surface area contributed by atoms with Gasteiger partial charge in [0.25, 0.3) is 0 Å². The van der Waals surface area contributed by atoms with Crippen LogP contribution < -0.4 is 11.3 Å². The Hall–Kier alpha value is -0.530. The van der Waals surface area contributed by atoms with Crippen molar-refractivity contribution in [2.24, 2.45) is 5.84 Å². The predicted molar refractivity (Wildman–Crippen MR) is 75.5 cm³/mol. The zero-order valence-electron chi connectivity index (χ0n) is 11.2. The minimum atomic E-state index is 0.301. The van der Waals surface area contributed by atoms with E-state index in [1.54, 1.807) is 11.3 Å². The Kier molecular flexibility index (Phi) is 5.08. The number of aromatic nitrogens is 1. The fraction of sp³-hybridized carbons (Fsp3) is 0.750. The molecule has 1 fully saturated rings. The molecule has 5 nitrogen and oxygen atoms in total. The summed E-state index contributed by atoms with van der Waals surface area (Å²) in [6.07, 6.45) is 3.84. The molecule has 2 rings (SSSR count). The Labute approximate surface area is 113 Å². The topological polar surface area (TPSA) is 57.4 Å². The molecule has 0 aromatic carbocycles. The number of hydrogen-bond donors (Lipinski definition) is 2. The maximum atomic E-state index is 5.68. The van der Waals surface area contributed by atoms with Gasteiger partial charge in [0.15, 0.2) is 0 Å². The zero-order valence-corrected chi connectivity index (χ0v) is 12.0. The second kappa shape index (κ2) is 6.58. The highest BCUT2D eigenvalue weighted by Gasteiger charge is 2.25. The van der Waals surface area contributed by atoms with Crippen molar-refractivity contribution in [2.75, 3.05) is 33.7 Å². The summed E-state index contributed by atoms with van der Waals surface area (Å²) in [5, 5.41) is 3.17. The van der Waals surface area contributed by atoms with Crippen molar-refractivity contribution in [1.82, 2.24) is 20.2 Å². The van der Waals surface area contributed by atoms with Gasteiger partial charge >= 0.3 is 0 Å². The molecule has 1 aromatic heterocycles. The molecule has 6 heteroatoms. The van der Waals surface area contributed by atoms with Crippen molar-refractivity contribution in [3.63, 3.8) is 0 Å². The van der Waals surface area contributed by atoms with Crippen molar-refractivity contribution >= 4 is 11.3 Å². The monoisotopic (exact) mass is 269 g/mol. The number of rotatable bonds is 5. The van der Waals surface area contributed by atoms with Gasteiger partial charge in [0.2, 0.25) is 0 Å². The number of piperazine rings is 1. The summed E-state index contributed by atoms with van der Waals surface area (Å²) >= 11 is 1.70. The first-order valence-electron chi connectivity index (χ1n) is 6.42. The van der Waals surface area contributed by atoms with Crippen LogP contribution in [0.5, 0.6) is 0 Å². The third-order valence-corrected chi connectivity index (χ3v) is 4.48. The van der Waals surface area contributed by atoms with Crippen LogP contribution in [0.4, 0.5) is 0 Å². The molecule has 0 saturated carbocycles. The van der Waals surface area contributed by atoms with E-state index < -0.39 is 0 Å². The van der Waals surface area contributed by atoms with Crippen molar-refractivity contribution in [2.45, 2.75) is 24.9 Å². The fourth-order valence-electron chi connectivity index (χ4n) is 2.46. The van der Waals surface area contributed by atoms with Crippen LogP contribution in [0.2, 0.25) is 0 Å². The smallest absolute Gasteiger partial charge is 0.0940 e. The van der Waals surface area contributed by atoms with Gasteiger partial charge in [-0.3, -0.25) is 11.3 Å². The second-order valence-electron chi connectivity index (χ2n) is 5.13. The average molecular weight is 269 g/mol. The summed E-state index contributed by atoms with van der Waals surface area (Å²) in [6, 6.07) is 0.875. The van der Waals surface area contributed by atoms with E-state index in [1.165, 1.54) is 0 Å². The van der Waals surface area contributed by atoms with Gasteiger partial charge in [-0.15, -0.1) is 11.3 Å². The molecular weight excluding hydrogens is 246 g/mol. The lowest BCUT2D eigenvalue weighted by Crippen LogP contribution is -2.53. The molecule has 1 aliphatic heterocycles. The third-order valence-electron chi connectivity index (χ3n) is 3.68. The van der Waals surface area contributed by atoms with Crippen LogP contribution in [0.25, 0.3) is 0 Å². The Morgan fingerprint density at radius 1 is 1.56 bits per heavy atom. The van der Waals surface area contributed by atoms with E-state index in [9.17, 15) is 0 Å². The van der Waals surface area contributed by atoms with Crippen molar-refractivity contribution in [3.05, 3.63) is 16.6 Å². The van der Waals surface area contributed by atoms with Crippen LogP contribution in [0.1, 0.15) is 11.4 Å². The van der Waals surface area contributed by atoms with E-state index in [2.05, 4.69) is 34.3 Å². The Morgan fingerprint density at radius 2 is 2.39 bits per heavy atom. The van der Waals surface area contributed by atoms with Gasteiger partial charge in [-0.25, -0.2) is 4.98 Å². The van der Waals surface area contributed by atoms with E-state index in [4.69, 9.17) is 5.84 Å². The molecule has 2 heterocycles. The third kappa shape index (κ3) is 3.73. The van der Waals surface area contributed by atoms with Gasteiger partial charge < -0.3 is 9.80 Å². The number of thiazole rings is 1. The predicted octanol–water partition coefficient (Wildman–Crippen LogP) is 0.153. The van der Waals surface area contributed by atoms with E-state index in [0.717, 1.165) is 37.5 Å². The molecule has 0 aliphatic carbocycles. The first-order valence-corrected chi connectivity index (χ1v) is 7.30. The van der Waals surface area contributed by atoms with Crippen molar-refractivity contribution < 1.29 is 0 Å². The molecule has 2 unspecified atom stereocenters. The summed E-state index contributed by atoms with van der Waals surface area (Å²) < 4.78 is 0. The highest BCUT2D eigenvalue weighted by Crippen LogP contribution is 2.15. The number of likely N-dealkylation sites (N-methyl/N-ethyl adjacent to an activating group) is 2. The van der Waals surface area contributed by atoms with E-state index in [-0.39, 0.29) is 0 Å². The minimum Gasteiger partial charge on any atom is -0.304 e. The van der Waals surface area contributed by atoms with Gasteiger partial charge in [0, 0.05) is 49.7 Å². The number of nitrogens with zero attached hydrogens (tertiary/aromatic N) is 3. The summed E-state index contributed by atoms with van der Waals surface area (Å²) in [4.78, 5) is 9.16. The molecule has 1 aliphatic rings. The Morgan fingerprint density at radius 3 is 3.06 bits per heavy atom.